The van der Waals surface area contributed by atoms with Gasteiger partial charge in [-0.15, -0.1) is 22.7 Å². The molecule has 0 saturated carbocycles. The van der Waals surface area contributed by atoms with Crippen LogP contribution in [0.25, 0.3) is 22.5 Å². The topological polar surface area (TPSA) is 125 Å². The van der Waals surface area contributed by atoms with Crippen molar-refractivity contribution in [2.75, 3.05) is 76.4 Å². The summed E-state index contributed by atoms with van der Waals surface area (Å²) in [5, 5.41) is 6.82. The molecule has 6 aromatic rings. The van der Waals surface area contributed by atoms with Crippen molar-refractivity contribution in [3.05, 3.63) is 117 Å². The summed E-state index contributed by atoms with van der Waals surface area (Å²) in [5.41, 5.74) is 6.31. The molecule has 0 amide bonds. The summed E-state index contributed by atoms with van der Waals surface area (Å²) >= 11 is 15.2. The third-order valence-corrected chi connectivity index (χ3v) is 16.8. The van der Waals surface area contributed by atoms with Gasteiger partial charge >= 0.3 is 0 Å². The van der Waals surface area contributed by atoms with Gasteiger partial charge in [-0.2, -0.15) is 8.61 Å². The van der Waals surface area contributed by atoms with E-state index in [1.54, 1.807) is 90.5 Å². The zero-order valence-electron chi connectivity index (χ0n) is 33.4. The largest absolute Gasteiger partial charge is 0.497 e. The van der Waals surface area contributed by atoms with Crippen LogP contribution in [0.4, 0.5) is 10.3 Å². The number of methoxy groups -OCH3 is 2. The number of hydrogen-bond donors (Lipinski definition) is 0. The quantitative estimate of drug-likeness (QED) is 0.132. The Balaban J connectivity index is 0.000000181. The Hall–Kier alpha value is -4.26. The maximum Gasteiger partial charge on any atom is 0.243 e. The fourth-order valence-electron chi connectivity index (χ4n) is 6.67. The highest BCUT2D eigenvalue weighted by Gasteiger charge is 2.31. The Morgan fingerprint density at radius 3 is 1.35 bits per heavy atom. The second-order valence-corrected chi connectivity index (χ2v) is 20.5. The average molecular weight is 928 g/mol. The second kappa shape index (κ2) is 18.8. The monoisotopic (exact) mass is 926 g/mol. The molecule has 0 spiro atoms. The van der Waals surface area contributed by atoms with Gasteiger partial charge in [0.2, 0.25) is 20.0 Å². The fourth-order valence-corrected chi connectivity index (χ4v) is 11.6. The molecule has 12 nitrogen and oxygen atoms in total. The smallest absolute Gasteiger partial charge is 0.243 e. The third kappa shape index (κ3) is 9.76. The number of thiazole rings is 2. The number of nitrogens with zero attached hydrogens (tertiary/aromatic N) is 6. The predicted molar refractivity (Wildman–Crippen MR) is 243 cm³/mol. The minimum absolute atomic E-state index is 0.271. The minimum Gasteiger partial charge on any atom is -0.497 e. The Kier molecular flexibility index (Phi) is 13.7. The van der Waals surface area contributed by atoms with E-state index in [9.17, 15) is 16.8 Å². The predicted octanol–water partition coefficient (Wildman–Crippen LogP) is 8.58. The molecule has 4 aromatic carbocycles. The van der Waals surface area contributed by atoms with Crippen molar-refractivity contribution in [2.45, 2.75) is 23.6 Å². The highest BCUT2D eigenvalue weighted by atomic mass is 35.5. The average Bonchev–Trinajstić information content (AvgIpc) is 3.98. The van der Waals surface area contributed by atoms with Crippen LogP contribution in [-0.2, 0) is 20.0 Å². The van der Waals surface area contributed by atoms with Crippen LogP contribution in [0, 0.1) is 13.8 Å². The summed E-state index contributed by atoms with van der Waals surface area (Å²) in [7, 11) is -3.93. The minimum atomic E-state index is -3.53. The molecule has 2 aliphatic rings. The van der Waals surface area contributed by atoms with Crippen molar-refractivity contribution in [2.24, 2.45) is 0 Å². The first kappa shape index (κ1) is 43.8. The summed E-state index contributed by atoms with van der Waals surface area (Å²) in [6.07, 6.45) is 0. The number of hydrogen-bond acceptors (Lipinski definition) is 12. The van der Waals surface area contributed by atoms with Crippen LogP contribution in [0.15, 0.2) is 105 Å². The first-order valence-electron chi connectivity index (χ1n) is 19.0. The van der Waals surface area contributed by atoms with E-state index in [4.69, 9.17) is 42.6 Å². The van der Waals surface area contributed by atoms with Crippen molar-refractivity contribution in [1.82, 2.24) is 18.6 Å². The van der Waals surface area contributed by atoms with Crippen LogP contribution in [0.1, 0.15) is 11.1 Å². The molecule has 8 rings (SSSR count). The first-order chi connectivity index (χ1) is 28.8. The molecule has 0 radical (unpaired) electrons. The molecule has 2 fully saturated rings. The molecule has 0 unspecified atom stereocenters. The molecule has 4 heterocycles. The molecule has 60 heavy (non-hydrogen) atoms. The van der Waals surface area contributed by atoms with Gasteiger partial charge in [-0.25, -0.2) is 26.8 Å². The molecular formula is C42H44Cl2N6O6S4. The highest BCUT2D eigenvalue weighted by Crippen LogP contribution is 2.33. The second-order valence-electron chi connectivity index (χ2n) is 14.1. The summed E-state index contributed by atoms with van der Waals surface area (Å²) in [6.45, 7) is 8.27. The van der Waals surface area contributed by atoms with Crippen LogP contribution in [-0.4, -0.2) is 102 Å². The molecular weight excluding hydrogens is 884 g/mol. The number of ether oxygens (including phenoxy) is 2. The maximum absolute atomic E-state index is 12.9. The van der Waals surface area contributed by atoms with Crippen molar-refractivity contribution >= 4 is 76.2 Å². The summed E-state index contributed by atoms with van der Waals surface area (Å²) in [6, 6.07) is 24.8. The molecule has 0 bridgehead atoms. The van der Waals surface area contributed by atoms with E-state index >= 15 is 0 Å². The molecule has 0 aliphatic carbocycles. The van der Waals surface area contributed by atoms with Crippen molar-refractivity contribution < 1.29 is 26.3 Å². The van der Waals surface area contributed by atoms with Gasteiger partial charge < -0.3 is 19.3 Å². The number of benzene rings is 4. The highest BCUT2D eigenvalue weighted by molar-refractivity contribution is 7.89. The molecule has 0 atom stereocenters. The number of halogens is 2. The summed E-state index contributed by atoms with van der Waals surface area (Å²) < 4.78 is 65.0. The third-order valence-electron chi connectivity index (χ3n) is 10.4. The van der Waals surface area contributed by atoms with Crippen LogP contribution in [0.3, 0.4) is 0 Å². The van der Waals surface area contributed by atoms with Gasteiger partial charge in [0.15, 0.2) is 10.3 Å². The number of piperazine rings is 2. The van der Waals surface area contributed by atoms with E-state index in [0.29, 0.717) is 78.8 Å². The molecule has 2 aromatic heterocycles. The molecule has 2 saturated heterocycles. The van der Waals surface area contributed by atoms with E-state index in [0.717, 1.165) is 32.8 Å². The van der Waals surface area contributed by atoms with Crippen molar-refractivity contribution in [3.63, 3.8) is 0 Å². The zero-order chi connectivity index (χ0) is 42.6. The molecule has 18 heteroatoms. The molecule has 316 valence electrons. The lowest BCUT2D eigenvalue weighted by Crippen LogP contribution is -2.48. The van der Waals surface area contributed by atoms with E-state index in [2.05, 4.69) is 47.2 Å². The van der Waals surface area contributed by atoms with Gasteiger partial charge in [-0.1, -0.05) is 41.4 Å². The van der Waals surface area contributed by atoms with Gasteiger partial charge in [0.1, 0.15) is 11.5 Å². The lowest BCUT2D eigenvalue weighted by atomic mass is 10.1. The Morgan fingerprint density at radius 1 is 0.533 bits per heavy atom. The van der Waals surface area contributed by atoms with Crippen molar-refractivity contribution in [3.8, 4) is 34.0 Å². The summed E-state index contributed by atoms with van der Waals surface area (Å²) in [5.74, 6) is 1.27. The number of aromatic nitrogens is 2. The van der Waals surface area contributed by atoms with E-state index in [1.165, 1.54) is 26.8 Å². The van der Waals surface area contributed by atoms with E-state index in [1.807, 2.05) is 11.4 Å². The van der Waals surface area contributed by atoms with E-state index in [-0.39, 0.29) is 4.90 Å². The molecule has 0 N–H and O–H groups in total. The first-order valence-corrected chi connectivity index (χ1v) is 24.4. The molecule has 2 aliphatic heterocycles. The fraction of sp³-hybridized carbons (Fsp3) is 0.286. The Labute approximate surface area is 369 Å². The summed E-state index contributed by atoms with van der Waals surface area (Å²) in [4.78, 5) is 14.3. The lowest BCUT2D eigenvalue weighted by Gasteiger charge is -2.33. The zero-order valence-corrected chi connectivity index (χ0v) is 38.2. The maximum atomic E-state index is 12.9. The number of aryl methyl sites for hydroxylation is 2. The van der Waals surface area contributed by atoms with Crippen LogP contribution >= 0.6 is 45.9 Å². The number of sulfonamides is 2. The van der Waals surface area contributed by atoms with Crippen LogP contribution < -0.4 is 19.3 Å². The van der Waals surface area contributed by atoms with E-state index < -0.39 is 20.0 Å². The Morgan fingerprint density at radius 2 is 0.950 bits per heavy atom. The number of rotatable bonds is 10. The van der Waals surface area contributed by atoms with Gasteiger partial charge in [-0.05, 0) is 91.7 Å². The lowest BCUT2D eigenvalue weighted by molar-refractivity contribution is 0.384. The van der Waals surface area contributed by atoms with Gasteiger partial charge in [0.05, 0.1) is 45.4 Å². The standard InChI is InChI=1S/C22H25N3O3S2.C20H19Cl2N3O3S2/c1-16-4-5-18(14-17(16)2)21-15-29-22(23-21)24-10-12-25(13-11-24)30(26,27)20-8-6-19(28-3)7-9-20;1-28-15-3-5-16(6-4-15)30(26,27)25-10-8-24(9-11-25)20-23-19(13-29-20)14-2-7-17(21)18(22)12-14/h4-9,14-15H,10-13H2,1-3H3;2-7,12-13H,8-11H2,1H3. The normalized spacial score (nSPS) is 15.4. The van der Waals surface area contributed by atoms with Crippen molar-refractivity contribution in [1.29, 1.82) is 0 Å². The Bertz CT molecular complexity index is 2460. The van der Waals surface area contributed by atoms with Gasteiger partial charge in [0, 0.05) is 74.2 Å². The van der Waals surface area contributed by atoms with Crippen LogP contribution in [0.5, 0.6) is 11.5 Å². The van der Waals surface area contributed by atoms with Gasteiger partial charge in [0.25, 0.3) is 0 Å². The SMILES string of the molecule is COc1ccc(S(=O)(=O)N2CCN(c3nc(-c4ccc(C)c(C)c4)cs3)CC2)cc1.COc1ccc(S(=O)(=O)N2CCN(c3nc(-c4ccc(Cl)c(Cl)c4)cs3)CC2)cc1. The number of anilines is 2. The van der Waals surface area contributed by atoms with Crippen LogP contribution in [0.2, 0.25) is 10.0 Å². The van der Waals surface area contributed by atoms with Gasteiger partial charge in [-0.3, -0.25) is 0 Å².